The van der Waals surface area contributed by atoms with Crippen molar-refractivity contribution in [2.24, 2.45) is 0 Å². The molecule has 0 amide bonds. The van der Waals surface area contributed by atoms with E-state index in [9.17, 15) is 18.3 Å². The van der Waals surface area contributed by atoms with E-state index in [4.69, 9.17) is 21.1 Å². The molecule has 3 rings (SSSR count). The quantitative estimate of drug-likeness (QED) is 0.839. The number of aryl methyl sites for hydroxylation is 1. The minimum absolute atomic E-state index is 0.0236. The van der Waals surface area contributed by atoms with Crippen LogP contribution in [0.3, 0.4) is 0 Å². The molecular formula is C15H11ClF3NO3. The predicted molar refractivity (Wildman–Crippen MR) is 75.6 cm³/mol. The highest BCUT2D eigenvalue weighted by Gasteiger charge is 2.37. The van der Waals surface area contributed by atoms with Crippen molar-refractivity contribution in [1.82, 2.24) is 4.98 Å². The van der Waals surface area contributed by atoms with Crippen LogP contribution in [0.25, 0.3) is 0 Å². The number of fused-ring (bicyclic) bond motifs is 1. The monoisotopic (exact) mass is 345 g/mol. The van der Waals surface area contributed by atoms with Gasteiger partial charge in [-0.1, -0.05) is 11.6 Å². The molecule has 1 aromatic heterocycles. The van der Waals surface area contributed by atoms with Gasteiger partial charge < -0.3 is 14.6 Å². The van der Waals surface area contributed by atoms with Gasteiger partial charge in [0.15, 0.2) is 11.5 Å². The summed E-state index contributed by atoms with van der Waals surface area (Å²) in [6, 6.07) is 3.83. The molecule has 0 fully saturated rings. The molecule has 1 aliphatic heterocycles. The molecule has 0 aliphatic carbocycles. The van der Waals surface area contributed by atoms with Crippen LogP contribution in [0.5, 0.6) is 11.5 Å². The Morgan fingerprint density at radius 1 is 1.26 bits per heavy atom. The predicted octanol–water partition coefficient (Wildman–Crippen LogP) is 3.87. The van der Waals surface area contributed by atoms with Crippen LogP contribution in [0.2, 0.25) is 5.15 Å². The highest BCUT2D eigenvalue weighted by atomic mass is 35.5. The van der Waals surface area contributed by atoms with Crippen LogP contribution in [0.4, 0.5) is 13.2 Å². The maximum atomic E-state index is 13.2. The number of benzene rings is 1. The lowest BCUT2D eigenvalue weighted by Crippen LogP contribution is -2.14. The van der Waals surface area contributed by atoms with E-state index < -0.39 is 28.6 Å². The van der Waals surface area contributed by atoms with Crippen LogP contribution in [0.15, 0.2) is 24.4 Å². The Morgan fingerprint density at radius 3 is 2.57 bits per heavy atom. The van der Waals surface area contributed by atoms with Gasteiger partial charge in [-0.25, -0.2) is 4.98 Å². The van der Waals surface area contributed by atoms with Crippen LogP contribution in [0.1, 0.15) is 28.4 Å². The summed E-state index contributed by atoms with van der Waals surface area (Å²) in [5.74, 6) is 0.838. The molecule has 2 heterocycles. The summed E-state index contributed by atoms with van der Waals surface area (Å²) in [4.78, 5) is 3.65. The molecule has 1 aromatic carbocycles. The Kier molecular flexibility index (Phi) is 3.85. The first-order valence-corrected chi connectivity index (χ1v) is 6.96. The largest absolute Gasteiger partial charge is 0.454 e. The zero-order chi connectivity index (χ0) is 16.8. The maximum Gasteiger partial charge on any atom is 0.416 e. The second-order valence-corrected chi connectivity index (χ2v) is 5.38. The summed E-state index contributed by atoms with van der Waals surface area (Å²) in [6.45, 7) is 1.67. The van der Waals surface area contributed by atoms with Crippen molar-refractivity contribution in [1.29, 1.82) is 0 Å². The van der Waals surface area contributed by atoms with Gasteiger partial charge in [0.05, 0.1) is 5.56 Å². The SMILES string of the molecule is Cc1cc2c(cc1C(O)c1c(C(F)(F)F)ccnc1Cl)OCO2. The number of hydrogen-bond acceptors (Lipinski definition) is 4. The lowest BCUT2D eigenvalue weighted by Gasteiger charge is -2.20. The minimum atomic E-state index is -4.66. The Hall–Kier alpha value is -1.99. The zero-order valence-electron chi connectivity index (χ0n) is 11.8. The number of rotatable bonds is 2. The number of aromatic nitrogens is 1. The standard InChI is InChI=1S/C15H11ClF3NO3/c1-7-4-10-11(23-6-22-10)5-8(7)13(21)12-9(15(17,18)19)2-3-20-14(12)16/h2-5,13,21H,6H2,1H3. The molecule has 23 heavy (non-hydrogen) atoms. The average Bonchev–Trinajstić information content (AvgIpc) is 2.91. The number of ether oxygens (including phenoxy) is 2. The van der Waals surface area contributed by atoms with Crippen LogP contribution in [-0.4, -0.2) is 16.9 Å². The number of alkyl halides is 3. The highest BCUT2D eigenvalue weighted by molar-refractivity contribution is 6.30. The van der Waals surface area contributed by atoms with Gasteiger partial charge in [-0.2, -0.15) is 13.2 Å². The Morgan fingerprint density at radius 2 is 1.91 bits per heavy atom. The fourth-order valence-electron chi connectivity index (χ4n) is 2.46. The second kappa shape index (κ2) is 5.58. The third kappa shape index (κ3) is 2.82. The summed E-state index contributed by atoms with van der Waals surface area (Å²) in [5.41, 5.74) is -0.713. The molecule has 1 aliphatic rings. The normalized spacial score (nSPS) is 14.9. The average molecular weight is 346 g/mol. The number of hydrogen-bond donors (Lipinski definition) is 1. The third-order valence-electron chi connectivity index (χ3n) is 3.58. The van der Waals surface area contributed by atoms with Crippen molar-refractivity contribution in [3.63, 3.8) is 0 Å². The molecule has 1 N–H and O–H groups in total. The van der Waals surface area contributed by atoms with Gasteiger partial charge in [-0.15, -0.1) is 0 Å². The van der Waals surface area contributed by atoms with E-state index in [0.717, 1.165) is 12.3 Å². The van der Waals surface area contributed by atoms with Gasteiger partial charge in [0, 0.05) is 11.8 Å². The lowest BCUT2D eigenvalue weighted by atomic mass is 9.94. The summed E-state index contributed by atoms with van der Waals surface area (Å²) < 4.78 is 49.9. The number of aliphatic hydroxyl groups is 1. The van der Waals surface area contributed by atoms with E-state index in [1.807, 2.05) is 0 Å². The van der Waals surface area contributed by atoms with E-state index in [-0.39, 0.29) is 12.4 Å². The molecule has 0 bridgehead atoms. The molecule has 4 nitrogen and oxygen atoms in total. The molecule has 0 saturated heterocycles. The molecule has 2 aromatic rings. The summed E-state index contributed by atoms with van der Waals surface area (Å²) >= 11 is 5.82. The Bertz CT molecular complexity index is 764. The molecular weight excluding hydrogens is 335 g/mol. The Labute approximate surface area is 134 Å². The second-order valence-electron chi connectivity index (χ2n) is 5.03. The van der Waals surface area contributed by atoms with Crippen LogP contribution < -0.4 is 9.47 Å². The fourth-order valence-corrected chi connectivity index (χ4v) is 2.73. The van der Waals surface area contributed by atoms with Gasteiger partial charge >= 0.3 is 6.18 Å². The van der Waals surface area contributed by atoms with E-state index in [0.29, 0.717) is 17.1 Å². The maximum absolute atomic E-state index is 13.2. The highest BCUT2D eigenvalue weighted by Crippen LogP contribution is 2.42. The van der Waals surface area contributed by atoms with Gasteiger partial charge in [-0.05, 0) is 36.2 Å². The smallest absolute Gasteiger partial charge is 0.416 e. The van der Waals surface area contributed by atoms with Crippen molar-refractivity contribution < 1.29 is 27.8 Å². The third-order valence-corrected chi connectivity index (χ3v) is 3.88. The van der Waals surface area contributed by atoms with E-state index in [2.05, 4.69) is 4.98 Å². The van der Waals surface area contributed by atoms with Crippen LogP contribution >= 0.6 is 11.6 Å². The molecule has 0 radical (unpaired) electrons. The van der Waals surface area contributed by atoms with Gasteiger partial charge in [-0.3, -0.25) is 0 Å². The fraction of sp³-hybridized carbons (Fsp3) is 0.267. The van der Waals surface area contributed by atoms with Crippen molar-refractivity contribution in [2.75, 3.05) is 6.79 Å². The molecule has 0 spiro atoms. The first-order valence-electron chi connectivity index (χ1n) is 6.59. The van der Waals surface area contributed by atoms with Gasteiger partial charge in [0.25, 0.3) is 0 Å². The van der Waals surface area contributed by atoms with Crippen molar-refractivity contribution in [3.05, 3.63) is 51.8 Å². The van der Waals surface area contributed by atoms with E-state index >= 15 is 0 Å². The number of halogens is 4. The summed E-state index contributed by atoms with van der Waals surface area (Å²) in [6.07, 6.45) is -5.30. The summed E-state index contributed by atoms with van der Waals surface area (Å²) in [5, 5.41) is 10.1. The molecule has 8 heteroatoms. The molecule has 1 unspecified atom stereocenters. The molecule has 1 atom stereocenters. The Balaban J connectivity index is 2.13. The topological polar surface area (TPSA) is 51.6 Å². The molecule has 122 valence electrons. The number of nitrogens with zero attached hydrogens (tertiary/aromatic N) is 1. The zero-order valence-corrected chi connectivity index (χ0v) is 12.6. The van der Waals surface area contributed by atoms with Crippen molar-refractivity contribution in [3.8, 4) is 11.5 Å². The van der Waals surface area contributed by atoms with E-state index in [1.54, 1.807) is 13.0 Å². The van der Waals surface area contributed by atoms with Crippen molar-refractivity contribution in [2.45, 2.75) is 19.2 Å². The molecule has 0 saturated carbocycles. The number of aliphatic hydroxyl groups excluding tert-OH is 1. The van der Waals surface area contributed by atoms with E-state index in [1.165, 1.54) is 6.07 Å². The van der Waals surface area contributed by atoms with Crippen molar-refractivity contribution >= 4 is 11.6 Å². The van der Waals surface area contributed by atoms with Crippen LogP contribution in [0, 0.1) is 6.92 Å². The lowest BCUT2D eigenvalue weighted by molar-refractivity contribution is -0.139. The van der Waals surface area contributed by atoms with Gasteiger partial charge in [0.2, 0.25) is 6.79 Å². The minimum Gasteiger partial charge on any atom is -0.454 e. The first kappa shape index (κ1) is 15.9. The first-order chi connectivity index (χ1) is 10.8. The number of pyridine rings is 1. The van der Waals surface area contributed by atoms with Gasteiger partial charge in [0.1, 0.15) is 11.3 Å². The summed E-state index contributed by atoms with van der Waals surface area (Å²) in [7, 11) is 0. The van der Waals surface area contributed by atoms with Crippen LogP contribution in [-0.2, 0) is 6.18 Å².